The smallest absolute Gasteiger partial charge is 0.239 e. The summed E-state index contributed by atoms with van der Waals surface area (Å²) in [5.41, 5.74) is 7.23. The second kappa shape index (κ2) is 7.90. The van der Waals surface area contributed by atoms with Crippen LogP contribution in [0.3, 0.4) is 0 Å². The van der Waals surface area contributed by atoms with Gasteiger partial charge < -0.3 is 4.74 Å². The number of hydrogen-bond acceptors (Lipinski definition) is 3. The largest absolute Gasteiger partial charge is 0.457 e. The number of rotatable bonds is 3. The van der Waals surface area contributed by atoms with Crippen molar-refractivity contribution in [3.8, 4) is 11.5 Å². The van der Waals surface area contributed by atoms with E-state index in [0.29, 0.717) is 11.4 Å². The van der Waals surface area contributed by atoms with Crippen molar-refractivity contribution in [1.29, 1.82) is 0 Å². The standard InChI is InChI=1S/C32H24BrNO3/c1-18-8-7-13-26(19(18)2)37-21-16-14-20(15-17-21)34-30(35)28-27-22-9-3-5-11-24(22)32(33,29(28)31(34)36)25-12-6-4-10-23(25)27/h3-17,27-29H,1-2H3. The van der Waals surface area contributed by atoms with Gasteiger partial charge in [-0.1, -0.05) is 76.6 Å². The van der Waals surface area contributed by atoms with Crippen LogP contribution in [0.2, 0.25) is 0 Å². The van der Waals surface area contributed by atoms with Crippen molar-refractivity contribution in [2.75, 3.05) is 4.90 Å². The number of imide groups is 1. The summed E-state index contributed by atoms with van der Waals surface area (Å²) in [4.78, 5) is 29.5. The van der Waals surface area contributed by atoms with E-state index in [9.17, 15) is 9.59 Å². The first kappa shape index (κ1) is 22.5. The Hall–Kier alpha value is -3.70. The highest BCUT2D eigenvalue weighted by molar-refractivity contribution is 9.09. The summed E-state index contributed by atoms with van der Waals surface area (Å²) >= 11 is 4.05. The Bertz CT molecular complexity index is 1560. The van der Waals surface area contributed by atoms with Crippen LogP contribution in [0, 0.1) is 25.7 Å². The third-order valence-corrected chi connectivity index (χ3v) is 9.74. The number of nitrogens with zero attached hydrogens (tertiary/aromatic N) is 1. The van der Waals surface area contributed by atoms with Gasteiger partial charge in [-0.15, -0.1) is 0 Å². The van der Waals surface area contributed by atoms with Crippen molar-refractivity contribution in [2.24, 2.45) is 11.8 Å². The normalized spacial score (nSPS) is 25.1. The molecule has 3 aliphatic carbocycles. The fraction of sp³-hybridized carbons (Fsp3) is 0.188. The summed E-state index contributed by atoms with van der Waals surface area (Å²) in [6, 6.07) is 29.6. The van der Waals surface area contributed by atoms with Crippen LogP contribution >= 0.6 is 15.9 Å². The van der Waals surface area contributed by atoms with Gasteiger partial charge in [0.25, 0.3) is 0 Å². The molecule has 1 fully saturated rings. The third kappa shape index (κ3) is 2.95. The van der Waals surface area contributed by atoms with E-state index in [1.807, 2.05) is 55.5 Å². The van der Waals surface area contributed by atoms with Gasteiger partial charge in [-0.2, -0.15) is 0 Å². The van der Waals surface area contributed by atoms with Crippen LogP contribution in [-0.4, -0.2) is 11.8 Å². The van der Waals surface area contributed by atoms with Gasteiger partial charge in [0, 0.05) is 5.92 Å². The Morgan fingerprint density at radius 2 is 1.38 bits per heavy atom. The maximum absolute atomic E-state index is 14.1. The van der Waals surface area contributed by atoms with Crippen LogP contribution in [0.4, 0.5) is 5.69 Å². The van der Waals surface area contributed by atoms with Crippen LogP contribution in [0.5, 0.6) is 11.5 Å². The molecule has 5 heteroatoms. The molecular weight excluding hydrogens is 526 g/mol. The van der Waals surface area contributed by atoms with E-state index in [-0.39, 0.29) is 17.7 Å². The molecule has 4 nitrogen and oxygen atoms in total. The SMILES string of the molecule is Cc1cccc(Oc2ccc(N3C(=O)C4C5c6ccccc6C(Br)(c6ccccc65)C4C3=O)cc2)c1C. The number of aryl methyl sites for hydroxylation is 1. The fourth-order valence-corrected chi connectivity index (χ4v) is 7.76. The number of carbonyl (C=O) groups excluding carboxylic acids is 2. The molecule has 0 aromatic heterocycles. The summed E-state index contributed by atoms with van der Waals surface area (Å²) in [7, 11) is 0. The van der Waals surface area contributed by atoms with Crippen molar-refractivity contribution in [1.82, 2.24) is 0 Å². The lowest BCUT2D eigenvalue weighted by Crippen LogP contribution is -2.50. The molecule has 8 rings (SSSR count). The number of amides is 2. The monoisotopic (exact) mass is 549 g/mol. The first-order chi connectivity index (χ1) is 17.9. The minimum atomic E-state index is -0.743. The van der Waals surface area contributed by atoms with Gasteiger partial charge >= 0.3 is 0 Å². The lowest BCUT2D eigenvalue weighted by molar-refractivity contribution is -0.122. The van der Waals surface area contributed by atoms with Crippen molar-refractivity contribution in [3.05, 3.63) is 124 Å². The minimum absolute atomic E-state index is 0.143. The highest BCUT2D eigenvalue weighted by Gasteiger charge is 2.67. The second-order valence-electron chi connectivity index (χ2n) is 10.2. The molecule has 2 amide bonds. The molecule has 0 N–H and O–H groups in total. The van der Waals surface area contributed by atoms with Crippen molar-refractivity contribution in [2.45, 2.75) is 24.1 Å². The molecule has 0 spiro atoms. The number of halogens is 1. The number of benzene rings is 4. The average Bonchev–Trinajstić information content (AvgIpc) is 3.19. The zero-order valence-electron chi connectivity index (χ0n) is 20.4. The molecule has 2 atom stereocenters. The molecule has 1 saturated heterocycles. The number of ether oxygens (including phenoxy) is 1. The Kier molecular flexibility index (Phi) is 4.80. The number of anilines is 1. The van der Waals surface area contributed by atoms with E-state index in [1.54, 1.807) is 12.1 Å². The van der Waals surface area contributed by atoms with Crippen molar-refractivity contribution < 1.29 is 14.3 Å². The van der Waals surface area contributed by atoms with Gasteiger partial charge in [0.1, 0.15) is 11.5 Å². The first-order valence-electron chi connectivity index (χ1n) is 12.5. The predicted molar refractivity (Wildman–Crippen MR) is 146 cm³/mol. The van der Waals surface area contributed by atoms with Crippen molar-refractivity contribution >= 4 is 33.4 Å². The van der Waals surface area contributed by atoms with Gasteiger partial charge in [0.15, 0.2) is 0 Å². The zero-order valence-corrected chi connectivity index (χ0v) is 22.0. The molecule has 4 aromatic rings. The molecule has 4 aromatic carbocycles. The fourth-order valence-electron chi connectivity index (χ4n) is 6.56. The maximum Gasteiger partial charge on any atom is 0.239 e. The highest BCUT2D eigenvalue weighted by Crippen LogP contribution is 2.66. The second-order valence-corrected chi connectivity index (χ2v) is 11.4. The Balaban J connectivity index is 1.28. The lowest BCUT2D eigenvalue weighted by Gasteiger charge is -2.51. The maximum atomic E-state index is 14.1. The van der Waals surface area contributed by atoms with E-state index < -0.39 is 16.2 Å². The van der Waals surface area contributed by atoms with Gasteiger partial charge in [-0.3, -0.25) is 9.59 Å². The molecule has 4 aliphatic rings. The summed E-state index contributed by atoms with van der Waals surface area (Å²) in [5.74, 6) is 0.0275. The zero-order chi connectivity index (χ0) is 25.5. The first-order valence-corrected chi connectivity index (χ1v) is 13.3. The highest BCUT2D eigenvalue weighted by atomic mass is 79.9. The number of alkyl halides is 1. The summed E-state index contributed by atoms with van der Waals surface area (Å²) < 4.78 is 5.36. The minimum Gasteiger partial charge on any atom is -0.457 e. The molecule has 2 bridgehead atoms. The van der Waals surface area contributed by atoms with Crippen molar-refractivity contribution in [3.63, 3.8) is 0 Å². The van der Waals surface area contributed by atoms with Gasteiger partial charge in [-0.25, -0.2) is 4.90 Å². The Morgan fingerprint density at radius 1 is 0.757 bits per heavy atom. The van der Waals surface area contributed by atoms with Crippen LogP contribution in [0.25, 0.3) is 0 Å². The van der Waals surface area contributed by atoms with Gasteiger partial charge in [-0.05, 0) is 77.6 Å². The molecule has 0 saturated carbocycles. The topological polar surface area (TPSA) is 46.6 Å². The van der Waals surface area contributed by atoms with Crippen LogP contribution in [0.15, 0.2) is 91.0 Å². The third-order valence-electron chi connectivity index (χ3n) is 8.39. The number of carbonyl (C=O) groups is 2. The molecule has 182 valence electrons. The number of hydrogen-bond donors (Lipinski definition) is 0. The Morgan fingerprint density at radius 3 is 2.03 bits per heavy atom. The van der Waals surface area contributed by atoms with E-state index in [2.05, 4.69) is 53.2 Å². The van der Waals surface area contributed by atoms with E-state index >= 15 is 0 Å². The van der Waals surface area contributed by atoms with Gasteiger partial charge in [0.05, 0.1) is 21.8 Å². The van der Waals surface area contributed by atoms with Crippen LogP contribution in [-0.2, 0) is 13.9 Å². The summed E-state index contributed by atoms with van der Waals surface area (Å²) in [6.45, 7) is 4.08. The Labute approximate surface area is 224 Å². The quantitative estimate of drug-likeness (QED) is 0.204. The molecule has 2 unspecified atom stereocenters. The lowest BCUT2D eigenvalue weighted by atomic mass is 9.55. The van der Waals surface area contributed by atoms with E-state index in [4.69, 9.17) is 4.74 Å². The molecule has 1 aliphatic heterocycles. The predicted octanol–water partition coefficient (Wildman–Crippen LogP) is 7.00. The van der Waals surface area contributed by atoms with Crippen LogP contribution < -0.4 is 9.64 Å². The molecule has 1 heterocycles. The van der Waals surface area contributed by atoms with E-state index in [0.717, 1.165) is 39.1 Å². The molecular formula is C32H24BrNO3. The molecule has 37 heavy (non-hydrogen) atoms. The summed E-state index contributed by atoms with van der Waals surface area (Å²) in [6.07, 6.45) is 0. The van der Waals surface area contributed by atoms with Crippen LogP contribution in [0.1, 0.15) is 39.3 Å². The molecule has 0 radical (unpaired) electrons. The van der Waals surface area contributed by atoms with E-state index in [1.165, 1.54) is 4.90 Å². The average molecular weight is 550 g/mol. The van der Waals surface area contributed by atoms with Gasteiger partial charge in [0.2, 0.25) is 11.8 Å². The summed E-state index contributed by atoms with van der Waals surface area (Å²) in [5, 5.41) is 0.